The number of nitrogens with zero attached hydrogens (tertiary/aromatic N) is 2. The van der Waals surface area contributed by atoms with E-state index in [1.165, 1.54) is 24.7 Å². The topological polar surface area (TPSA) is 131 Å². The molecule has 248 valence electrons. The number of carboxylic acids is 1. The first kappa shape index (κ1) is 35.5. The van der Waals surface area contributed by atoms with Crippen molar-refractivity contribution in [2.45, 2.75) is 19.3 Å². The number of halogens is 5. The minimum atomic E-state index is -5.08. The third kappa shape index (κ3) is 10.9. The average Bonchev–Trinajstić information content (AvgIpc) is 3.44. The molecule has 0 unspecified atom stereocenters. The zero-order valence-electron chi connectivity index (χ0n) is 24.5. The molecule has 2 aromatic heterocycles. The highest BCUT2D eigenvalue weighted by atomic mass is 35.5. The highest BCUT2D eigenvalue weighted by molar-refractivity contribution is 7.90. The Morgan fingerprint density at radius 3 is 2.43 bits per heavy atom. The highest BCUT2D eigenvalue weighted by Crippen LogP contribution is 2.37. The standard InChI is InChI=1S/C29H26ClFN4O3S2.C2HF3O2/c1-40(36,37)11-10-32-16-19-4-2-6-21(12-19)27-15-24-28(33-18-34-29(24)39-27)35-23-8-9-26(25(30)14-23)38-17-20-5-3-7-22(31)13-20;3-2(4,5)1(6)7/h2-9,12-15,18,32H,10-11,16-17H2,1H3,(H,33,34,35);(H,6,7). The van der Waals surface area contributed by atoms with E-state index in [1.54, 1.807) is 35.6 Å². The number of benzene rings is 3. The van der Waals surface area contributed by atoms with Crippen molar-refractivity contribution >= 4 is 60.5 Å². The number of alkyl halides is 3. The molecule has 0 aliphatic carbocycles. The zero-order valence-corrected chi connectivity index (χ0v) is 26.9. The molecule has 0 aliphatic heterocycles. The summed E-state index contributed by atoms with van der Waals surface area (Å²) in [6.45, 7) is 1.18. The Hall–Kier alpha value is -4.31. The Bertz CT molecular complexity index is 1970. The number of aromatic nitrogens is 2. The maximum absolute atomic E-state index is 13.4. The fraction of sp³-hybridized carbons (Fsp3) is 0.194. The second-order valence-electron chi connectivity index (χ2n) is 10.1. The molecule has 3 aromatic carbocycles. The van der Waals surface area contributed by atoms with Gasteiger partial charge in [0.2, 0.25) is 0 Å². The van der Waals surface area contributed by atoms with Crippen LogP contribution in [0.15, 0.2) is 79.1 Å². The molecule has 0 saturated heterocycles. The van der Waals surface area contributed by atoms with E-state index in [0.717, 1.165) is 31.9 Å². The summed E-state index contributed by atoms with van der Waals surface area (Å²) in [6.07, 6.45) is -2.33. The summed E-state index contributed by atoms with van der Waals surface area (Å²) < 4.78 is 73.6. The van der Waals surface area contributed by atoms with E-state index in [-0.39, 0.29) is 18.2 Å². The molecule has 0 amide bonds. The maximum Gasteiger partial charge on any atom is 0.490 e. The van der Waals surface area contributed by atoms with Gasteiger partial charge in [-0.25, -0.2) is 27.6 Å². The number of sulfone groups is 1. The minimum Gasteiger partial charge on any atom is -0.487 e. The van der Waals surface area contributed by atoms with Gasteiger partial charge in [0.1, 0.15) is 45.0 Å². The van der Waals surface area contributed by atoms with Crippen LogP contribution in [0.5, 0.6) is 5.75 Å². The van der Waals surface area contributed by atoms with E-state index in [0.29, 0.717) is 35.2 Å². The van der Waals surface area contributed by atoms with Crippen molar-refractivity contribution in [2.24, 2.45) is 0 Å². The number of rotatable bonds is 11. The van der Waals surface area contributed by atoms with Gasteiger partial charge in [0.25, 0.3) is 0 Å². The fourth-order valence-electron chi connectivity index (χ4n) is 4.04. The molecule has 47 heavy (non-hydrogen) atoms. The molecular formula is C31H27ClF4N4O5S2. The number of thiophene rings is 1. The summed E-state index contributed by atoms with van der Waals surface area (Å²) >= 11 is 8.04. The number of aliphatic carboxylic acids is 1. The first-order chi connectivity index (χ1) is 22.2. The lowest BCUT2D eigenvalue weighted by Crippen LogP contribution is -2.21. The van der Waals surface area contributed by atoms with Gasteiger partial charge in [0.15, 0.2) is 0 Å². The van der Waals surface area contributed by atoms with Crippen molar-refractivity contribution < 1.29 is 40.6 Å². The molecule has 0 bridgehead atoms. The Labute approximate surface area is 276 Å². The summed E-state index contributed by atoms with van der Waals surface area (Å²) in [6, 6.07) is 21.8. The minimum absolute atomic E-state index is 0.104. The fourth-order valence-corrected chi connectivity index (χ4v) is 5.79. The third-order valence-corrected chi connectivity index (χ3v) is 8.57. The molecule has 0 aliphatic rings. The van der Waals surface area contributed by atoms with Crippen molar-refractivity contribution in [2.75, 3.05) is 23.9 Å². The lowest BCUT2D eigenvalue weighted by atomic mass is 10.1. The number of anilines is 2. The number of ether oxygens (including phenoxy) is 1. The number of fused-ring (bicyclic) bond motifs is 1. The number of nitrogens with one attached hydrogen (secondary N) is 2. The van der Waals surface area contributed by atoms with Gasteiger partial charge in [-0.1, -0.05) is 41.9 Å². The maximum atomic E-state index is 13.4. The summed E-state index contributed by atoms with van der Waals surface area (Å²) in [5.74, 6) is -1.82. The van der Waals surface area contributed by atoms with E-state index in [1.807, 2.05) is 24.3 Å². The molecule has 9 nitrogen and oxygen atoms in total. The molecule has 0 atom stereocenters. The lowest BCUT2D eigenvalue weighted by Gasteiger charge is -2.11. The second-order valence-corrected chi connectivity index (χ2v) is 13.7. The van der Waals surface area contributed by atoms with Crippen LogP contribution in [-0.4, -0.2) is 54.2 Å². The average molecular weight is 711 g/mol. The molecule has 3 N–H and O–H groups in total. The molecule has 0 saturated carbocycles. The van der Waals surface area contributed by atoms with E-state index in [9.17, 15) is 26.0 Å². The van der Waals surface area contributed by atoms with Crippen LogP contribution in [0, 0.1) is 5.82 Å². The van der Waals surface area contributed by atoms with Crippen LogP contribution >= 0.6 is 22.9 Å². The molecule has 0 spiro atoms. The first-order valence-corrected chi connectivity index (χ1v) is 16.9. The molecule has 2 heterocycles. The molecule has 16 heteroatoms. The van der Waals surface area contributed by atoms with Crippen LogP contribution in [0.25, 0.3) is 20.7 Å². The van der Waals surface area contributed by atoms with Crippen LogP contribution < -0.4 is 15.4 Å². The molecule has 5 aromatic rings. The number of carbonyl (C=O) groups is 1. The summed E-state index contributed by atoms with van der Waals surface area (Å²) in [4.78, 5) is 19.7. The van der Waals surface area contributed by atoms with Gasteiger partial charge in [-0.05, 0) is 59.2 Å². The predicted octanol–water partition coefficient (Wildman–Crippen LogP) is 7.24. The number of carboxylic acid groups (broad SMARTS) is 1. The SMILES string of the molecule is CS(=O)(=O)CCNCc1cccc(-c2cc3c(Nc4ccc(OCc5cccc(F)c5)c(Cl)c4)ncnc3s2)c1.O=C(O)C(F)(F)F. The van der Waals surface area contributed by atoms with E-state index in [4.69, 9.17) is 26.2 Å². The Kier molecular flexibility index (Phi) is 11.7. The third-order valence-electron chi connectivity index (χ3n) is 6.24. The van der Waals surface area contributed by atoms with Crippen LogP contribution in [0.3, 0.4) is 0 Å². The Morgan fingerprint density at radius 2 is 1.74 bits per heavy atom. The van der Waals surface area contributed by atoms with E-state index < -0.39 is 22.0 Å². The van der Waals surface area contributed by atoms with Gasteiger partial charge in [-0.15, -0.1) is 11.3 Å². The predicted molar refractivity (Wildman–Crippen MR) is 173 cm³/mol. The number of hydrogen-bond donors (Lipinski definition) is 3. The van der Waals surface area contributed by atoms with Crippen molar-refractivity contribution in [1.29, 1.82) is 0 Å². The zero-order chi connectivity index (χ0) is 34.2. The summed E-state index contributed by atoms with van der Waals surface area (Å²) in [5.41, 5.74) is 3.54. The molecule has 0 radical (unpaired) electrons. The molecule has 0 fully saturated rings. The van der Waals surface area contributed by atoms with Crippen molar-refractivity contribution in [3.63, 3.8) is 0 Å². The Morgan fingerprint density at radius 1 is 1.02 bits per heavy atom. The lowest BCUT2D eigenvalue weighted by molar-refractivity contribution is -0.192. The van der Waals surface area contributed by atoms with Crippen LogP contribution in [0.4, 0.5) is 29.1 Å². The monoisotopic (exact) mass is 710 g/mol. The molecular weight excluding hydrogens is 684 g/mol. The van der Waals surface area contributed by atoms with Gasteiger partial charge in [0.05, 0.1) is 16.2 Å². The van der Waals surface area contributed by atoms with Crippen LogP contribution in [0.1, 0.15) is 11.1 Å². The van der Waals surface area contributed by atoms with Gasteiger partial charge in [-0.3, -0.25) is 0 Å². The van der Waals surface area contributed by atoms with Crippen molar-refractivity contribution in [3.05, 3.63) is 101 Å². The van der Waals surface area contributed by atoms with Crippen molar-refractivity contribution in [3.8, 4) is 16.2 Å². The van der Waals surface area contributed by atoms with E-state index in [2.05, 4.69) is 32.7 Å². The number of hydrogen-bond acceptors (Lipinski definition) is 9. The van der Waals surface area contributed by atoms with Gasteiger partial charge < -0.3 is 20.5 Å². The summed E-state index contributed by atoms with van der Waals surface area (Å²) in [7, 11) is -3.00. The van der Waals surface area contributed by atoms with Crippen molar-refractivity contribution in [1.82, 2.24) is 15.3 Å². The quantitative estimate of drug-likeness (QED) is 0.0959. The van der Waals surface area contributed by atoms with E-state index >= 15 is 0 Å². The normalized spacial score (nSPS) is 11.5. The van der Waals surface area contributed by atoms with Crippen LogP contribution in [-0.2, 0) is 27.8 Å². The second kappa shape index (κ2) is 15.5. The van der Waals surface area contributed by atoms with Crippen LogP contribution in [0.2, 0.25) is 5.02 Å². The van der Waals surface area contributed by atoms with Gasteiger partial charge in [0, 0.05) is 29.9 Å². The van der Waals surface area contributed by atoms with Gasteiger partial charge >= 0.3 is 12.1 Å². The summed E-state index contributed by atoms with van der Waals surface area (Å²) in [5, 5.41) is 14.9. The Balaban J connectivity index is 0.000000644. The largest absolute Gasteiger partial charge is 0.490 e. The smallest absolute Gasteiger partial charge is 0.487 e. The molecule has 5 rings (SSSR count). The first-order valence-electron chi connectivity index (χ1n) is 13.6. The highest BCUT2D eigenvalue weighted by Gasteiger charge is 2.38. The van der Waals surface area contributed by atoms with Gasteiger partial charge in [-0.2, -0.15) is 13.2 Å².